The number of aromatic nitrogens is 3. The van der Waals surface area contributed by atoms with E-state index in [0.29, 0.717) is 5.92 Å². The Morgan fingerprint density at radius 3 is 3.30 bits per heavy atom. The fourth-order valence-electron chi connectivity index (χ4n) is 3.16. The van der Waals surface area contributed by atoms with E-state index in [1.54, 1.807) is 6.33 Å². The van der Waals surface area contributed by atoms with Crippen molar-refractivity contribution in [1.29, 1.82) is 0 Å². The molecule has 2 aromatic heterocycles. The third-order valence-electron chi connectivity index (χ3n) is 4.20. The Bertz CT molecular complexity index is 561. The van der Waals surface area contributed by atoms with Crippen LogP contribution in [0.15, 0.2) is 17.8 Å². The summed E-state index contributed by atoms with van der Waals surface area (Å²) in [5.41, 5.74) is 4.49. The van der Waals surface area contributed by atoms with E-state index in [1.807, 2.05) is 16.0 Å². The number of nitrogens with zero attached hydrogens (tertiary/aromatic N) is 3. The third-order valence-corrected chi connectivity index (χ3v) is 5.19. The van der Waals surface area contributed by atoms with Crippen molar-refractivity contribution in [2.24, 2.45) is 5.84 Å². The van der Waals surface area contributed by atoms with Crippen molar-refractivity contribution in [3.63, 3.8) is 0 Å². The Kier molecular flexibility index (Phi) is 4.14. The van der Waals surface area contributed by atoms with Gasteiger partial charge in [0.1, 0.15) is 12.2 Å². The zero-order valence-electron chi connectivity index (χ0n) is 11.7. The smallest absolute Gasteiger partial charge is 0.138 e. The van der Waals surface area contributed by atoms with Crippen LogP contribution in [0, 0.1) is 0 Å². The number of nitrogens with one attached hydrogen (secondary N) is 1. The summed E-state index contributed by atoms with van der Waals surface area (Å²) in [6.45, 7) is 2.93. The van der Waals surface area contributed by atoms with E-state index in [4.69, 9.17) is 5.84 Å². The fourth-order valence-corrected chi connectivity index (χ4v) is 4.16. The quantitative estimate of drug-likeness (QED) is 0.651. The van der Waals surface area contributed by atoms with Crippen molar-refractivity contribution < 1.29 is 0 Å². The van der Waals surface area contributed by atoms with Crippen LogP contribution >= 0.6 is 11.3 Å². The predicted octanol–water partition coefficient (Wildman–Crippen LogP) is 1.85. The maximum Gasteiger partial charge on any atom is 0.138 e. The Morgan fingerprint density at radius 2 is 2.50 bits per heavy atom. The first-order valence-electron chi connectivity index (χ1n) is 7.22. The standard InChI is InChI=1S/C14H21N5S/c1-2-19-14(16-9-17-19)8-12(18-15)10-4-3-5-13-11(10)6-7-20-13/h6-7,9-10,12,18H,2-5,8,15H2,1H3. The predicted molar refractivity (Wildman–Crippen MR) is 80.5 cm³/mol. The maximum absolute atomic E-state index is 5.83. The molecule has 2 unspecified atom stereocenters. The van der Waals surface area contributed by atoms with Gasteiger partial charge in [0.2, 0.25) is 0 Å². The van der Waals surface area contributed by atoms with E-state index in [2.05, 4.69) is 33.9 Å². The molecule has 0 spiro atoms. The van der Waals surface area contributed by atoms with E-state index < -0.39 is 0 Å². The van der Waals surface area contributed by atoms with Gasteiger partial charge in [0.15, 0.2) is 0 Å². The van der Waals surface area contributed by atoms with Crippen LogP contribution in [0.2, 0.25) is 0 Å². The minimum atomic E-state index is 0.221. The molecule has 0 radical (unpaired) electrons. The van der Waals surface area contributed by atoms with Gasteiger partial charge in [0.25, 0.3) is 0 Å². The van der Waals surface area contributed by atoms with Gasteiger partial charge in [-0.2, -0.15) is 5.10 Å². The fraction of sp³-hybridized carbons (Fsp3) is 0.571. The van der Waals surface area contributed by atoms with E-state index in [0.717, 1.165) is 18.8 Å². The van der Waals surface area contributed by atoms with Crippen LogP contribution in [0.4, 0.5) is 0 Å². The number of nitrogens with two attached hydrogens (primary N) is 1. The monoisotopic (exact) mass is 291 g/mol. The van der Waals surface area contributed by atoms with Crippen LogP contribution in [0.1, 0.15) is 41.9 Å². The van der Waals surface area contributed by atoms with Gasteiger partial charge in [-0.15, -0.1) is 11.3 Å². The summed E-state index contributed by atoms with van der Waals surface area (Å²) >= 11 is 1.87. The van der Waals surface area contributed by atoms with Crippen molar-refractivity contribution in [1.82, 2.24) is 20.2 Å². The lowest BCUT2D eigenvalue weighted by Crippen LogP contribution is -2.42. The van der Waals surface area contributed by atoms with E-state index in [9.17, 15) is 0 Å². The molecular formula is C14H21N5S. The van der Waals surface area contributed by atoms with Gasteiger partial charge in [0.05, 0.1) is 0 Å². The third kappa shape index (κ3) is 2.51. The number of hydrogen-bond acceptors (Lipinski definition) is 5. The summed E-state index contributed by atoms with van der Waals surface area (Å²) in [6, 6.07) is 2.48. The molecule has 0 aromatic carbocycles. The summed E-state index contributed by atoms with van der Waals surface area (Å²) < 4.78 is 1.95. The molecule has 0 saturated heterocycles. The molecule has 0 fully saturated rings. The van der Waals surface area contributed by atoms with Gasteiger partial charge in [0, 0.05) is 29.8 Å². The first-order chi connectivity index (χ1) is 9.83. The molecular weight excluding hydrogens is 270 g/mol. The summed E-state index contributed by atoms with van der Waals surface area (Å²) in [5.74, 6) is 7.33. The highest BCUT2D eigenvalue weighted by atomic mass is 32.1. The Hall–Kier alpha value is -1.24. The van der Waals surface area contributed by atoms with Crippen LogP contribution in [0.3, 0.4) is 0 Å². The van der Waals surface area contributed by atoms with E-state index in [1.165, 1.54) is 29.7 Å². The molecule has 1 aliphatic rings. The second-order valence-corrected chi connectivity index (χ2v) is 6.27. The molecule has 0 aliphatic heterocycles. The lowest BCUT2D eigenvalue weighted by Gasteiger charge is -2.30. The minimum absolute atomic E-state index is 0.221. The largest absolute Gasteiger partial charge is 0.271 e. The van der Waals surface area contributed by atoms with Crippen molar-refractivity contribution in [2.45, 2.75) is 51.1 Å². The number of rotatable bonds is 5. The van der Waals surface area contributed by atoms with Crippen LogP contribution < -0.4 is 11.3 Å². The highest BCUT2D eigenvalue weighted by molar-refractivity contribution is 7.10. The molecule has 20 heavy (non-hydrogen) atoms. The molecule has 0 amide bonds. The number of thiophene rings is 1. The molecule has 108 valence electrons. The molecule has 1 aliphatic carbocycles. The number of hydrogen-bond donors (Lipinski definition) is 2. The van der Waals surface area contributed by atoms with Crippen molar-refractivity contribution in [3.8, 4) is 0 Å². The van der Waals surface area contributed by atoms with Gasteiger partial charge in [-0.05, 0) is 43.2 Å². The summed E-state index contributed by atoms with van der Waals surface area (Å²) in [7, 11) is 0. The van der Waals surface area contributed by atoms with Gasteiger partial charge in [-0.1, -0.05) is 0 Å². The number of hydrazine groups is 1. The molecule has 2 heterocycles. The van der Waals surface area contributed by atoms with Crippen molar-refractivity contribution in [2.75, 3.05) is 0 Å². The van der Waals surface area contributed by atoms with Crippen LogP contribution in [-0.2, 0) is 19.4 Å². The summed E-state index contributed by atoms with van der Waals surface area (Å²) in [5, 5.41) is 6.44. The van der Waals surface area contributed by atoms with Crippen LogP contribution in [0.25, 0.3) is 0 Å². The zero-order valence-corrected chi connectivity index (χ0v) is 12.6. The Morgan fingerprint density at radius 1 is 1.60 bits per heavy atom. The van der Waals surface area contributed by atoms with Crippen molar-refractivity contribution >= 4 is 11.3 Å². The molecule has 3 N–H and O–H groups in total. The van der Waals surface area contributed by atoms with Gasteiger partial charge in [-0.25, -0.2) is 4.98 Å². The topological polar surface area (TPSA) is 68.8 Å². The molecule has 2 aromatic rings. The minimum Gasteiger partial charge on any atom is -0.271 e. The number of fused-ring (bicyclic) bond motifs is 1. The maximum atomic E-state index is 5.83. The second kappa shape index (κ2) is 6.03. The first-order valence-corrected chi connectivity index (χ1v) is 8.10. The van der Waals surface area contributed by atoms with Crippen molar-refractivity contribution in [3.05, 3.63) is 34.0 Å². The lowest BCUT2D eigenvalue weighted by molar-refractivity contribution is 0.386. The summed E-state index contributed by atoms with van der Waals surface area (Å²) in [4.78, 5) is 5.90. The SMILES string of the molecule is CCn1ncnc1CC(NN)C1CCCc2sccc21. The molecule has 0 saturated carbocycles. The second-order valence-electron chi connectivity index (χ2n) is 5.27. The molecule has 5 nitrogen and oxygen atoms in total. The van der Waals surface area contributed by atoms with Gasteiger partial charge in [-0.3, -0.25) is 16.0 Å². The molecule has 6 heteroatoms. The first kappa shape index (κ1) is 13.7. The average molecular weight is 291 g/mol. The average Bonchev–Trinajstić information content (AvgIpc) is 3.12. The number of aryl methyl sites for hydroxylation is 2. The molecule has 0 bridgehead atoms. The summed E-state index contributed by atoms with van der Waals surface area (Å²) in [6.07, 6.45) is 6.11. The molecule has 2 atom stereocenters. The highest BCUT2D eigenvalue weighted by Gasteiger charge is 2.29. The normalized spacial score (nSPS) is 19.8. The molecule has 3 rings (SSSR count). The zero-order chi connectivity index (χ0) is 13.9. The highest BCUT2D eigenvalue weighted by Crippen LogP contribution is 2.37. The van der Waals surface area contributed by atoms with E-state index in [-0.39, 0.29) is 6.04 Å². The Labute approximate surface area is 123 Å². The van der Waals surface area contributed by atoms with Gasteiger partial charge >= 0.3 is 0 Å². The van der Waals surface area contributed by atoms with E-state index >= 15 is 0 Å². The van der Waals surface area contributed by atoms with Gasteiger partial charge < -0.3 is 0 Å². The lowest BCUT2D eigenvalue weighted by atomic mass is 9.81. The Balaban J connectivity index is 1.81. The van der Waals surface area contributed by atoms with Crippen LogP contribution in [0.5, 0.6) is 0 Å². The van der Waals surface area contributed by atoms with Crippen LogP contribution in [-0.4, -0.2) is 20.8 Å².